The highest BCUT2D eigenvalue weighted by Gasteiger charge is 2.35. The van der Waals surface area contributed by atoms with Gasteiger partial charge < -0.3 is 24.8 Å². The van der Waals surface area contributed by atoms with Crippen LogP contribution in [0, 0.1) is 0 Å². The molecule has 12 heteroatoms. The van der Waals surface area contributed by atoms with Crippen LogP contribution in [0.5, 0.6) is 0 Å². The molecule has 3 aromatic carbocycles. The van der Waals surface area contributed by atoms with Crippen molar-refractivity contribution in [2.75, 3.05) is 43.6 Å². The molecule has 2 aliphatic heterocycles. The molecule has 1 unspecified atom stereocenters. The first-order valence-electron chi connectivity index (χ1n) is 15.0. The van der Waals surface area contributed by atoms with Gasteiger partial charge in [-0.3, -0.25) is 4.79 Å². The summed E-state index contributed by atoms with van der Waals surface area (Å²) in [4.78, 5) is 15.4. The van der Waals surface area contributed by atoms with E-state index in [9.17, 15) is 31.5 Å². The maximum atomic E-state index is 13.1. The van der Waals surface area contributed by atoms with E-state index in [2.05, 4.69) is 10.2 Å². The van der Waals surface area contributed by atoms with Gasteiger partial charge in [0.1, 0.15) is 0 Å². The lowest BCUT2D eigenvalue weighted by atomic mass is 9.95. The van der Waals surface area contributed by atoms with Crippen molar-refractivity contribution in [1.29, 1.82) is 0 Å². The third-order valence-electron chi connectivity index (χ3n) is 8.51. The Labute approximate surface area is 261 Å². The normalized spacial score (nSPS) is 21.2. The molecule has 1 amide bonds. The molecular weight excluding hydrogens is 609 g/mol. The average Bonchev–Trinajstić information content (AvgIpc) is 3.73. The zero-order valence-corrected chi connectivity index (χ0v) is 25.7. The third kappa shape index (κ3) is 7.86. The SMILES string of the molecule is CCS(=O)(=O)c1ccc([C@H](CO)NC(=O)c2ccc(N3CC(c4ccc(C(F)(F)F)cc4)C[C@H]3CO[C@H]3CCOC3)cc2)cc1. The summed E-state index contributed by atoms with van der Waals surface area (Å²) in [5.41, 5.74) is 1.94. The fourth-order valence-corrected chi connectivity index (χ4v) is 6.71. The van der Waals surface area contributed by atoms with E-state index in [1.54, 1.807) is 43.3 Å². The van der Waals surface area contributed by atoms with Crippen molar-refractivity contribution in [3.05, 3.63) is 95.1 Å². The van der Waals surface area contributed by atoms with Crippen LogP contribution >= 0.6 is 0 Å². The molecule has 0 saturated carbocycles. The van der Waals surface area contributed by atoms with Crippen molar-refractivity contribution >= 4 is 21.4 Å². The summed E-state index contributed by atoms with van der Waals surface area (Å²) >= 11 is 0. The lowest BCUT2D eigenvalue weighted by Crippen LogP contribution is -2.35. The number of carbonyl (C=O) groups excluding carboxylic acids is 1. The van der Waals surface area contributed by atoms with E-state index in [0.717, 1.165) is 29.8 Å². The van der Waals surface area contributed by atoms with Crippen LogP contribution in [0.3, 0.4) is 0 Å². The van der Waals surface area contributed by atoms with Gasteiger partial charge in [0.05, 0.1) is 54.2 Å². The maximum Gasteiger partial charge on any atom is 0.416 e. The molecule has 0 spiro atoms. The van der Waals surface area contributed by atoms with Crippen molar-refractivity contribution in [2.24, 2.45) is 0 Å². The van der Waals surface area contributed by atoms with Crippen molar-refractivity contribution in [3.8, 4) is 0 Å². The molecule has 0 aliphatic carbocycles. The second kappa shape index (κ2) is 13.9. The predicted octanol–water partition coefficient (Wildman–Crippen LogP) is 5.13. The van der Waals surface area contributed by atoms with Gasteiger partial charge in [0.15, 0.2) is 9.84 Å². The second-order valence-corrected chi connectivity index (χ2v) is 13.7. The molecule has 0 bridgehead atoms. The summed E-state index contributed by atoms with van der Waals surface area (Å²) in [6, 6.07) is 17.7. The van der Waals surface area contributed by atoms with E-state index in [0.29, 0.717) is 43.9 Å². The maximum absolute atomic E-state index is 13.1. The summed E-state index contributed by atoms with van der Waals surface area (Å²) < 4.78 is 75.2. The number of nitrogens with one attached hydrogen (secondary N) is 1. The number of carbonyl (C=O) groups is 1. The average molecular weight is 647 g/mol. The lowest BCUT2D eigenvalue weighted by molar-refractivity contribution is -0.137. The summed E-state index contributed by atoms with van der Waals surface area (Å²) in [5.74, 6) is -0.442. The molecule has 5 rings (SSSR count). The zero-order chi connectivity index (χ0) is 32.2. The van der Waals surface area contributed by atoms with Crippen LogP contribution in [0.15, 0.2) is 77.7 Å². The minimum Gasteiger partial charge on any atom is -0.394 e. The van der Waals surface area contributed by atoms with E-state index < -0.39 is 33.5 Å². The van der Waals surface area contributed by atoms with E-state index in [1.165, 1.54) is 12.1 Å². The van der Waals surface area contributed by atoms with Gasteiger partial charge in [0.2, 0.25) is 0 Å². The highest BCUT2D eigenvalue weighted by molar-refractivity contribution is 7.91. The largest absolute Gasteiger partial charge is 0.416 e. The standard InChI is InChI=1S/C33H37F3N2O6S/c1-2-45(41,42)30-13-7-23(8-14-30)31(19-39)37-32(40)24-5-11-27(12-6-24)38-18-25(17-28(38)20-44-29-15-16-43-21-29)22-3-9-26(10-4-22)33(34,35)36/h3-14,25,28-29,31,39H,2,15-21H2,1H3,(H,37,40)/t25?,28-,29-,31-/m0/s1. The van der Waals surface area contributed by atoms with Gasteiger partial charge in [-0.25, -0.2) is 8.42 Å². The first-order valence-corrected chi connectivity index (χ1v) is 16.6. The van der Waals surface area contributed by atoms with Crippen LogP contribution < -0.4 is 10.2 Å². The Morgan fingerprint density at radius 3 is 2.33 bits per heavy atom. The van der Waals surface area contributed by atoms with Gasteiger partial charge in [0.25, 0.3) is 5.91 Å². The number of rotatable bonds is 11. The smallest absolute Gasteiger partial charge is 0.394 e. The fraction of sp³-hybridized carbons (Fsp3) is 0.424. The van der Waals surface area contributed by atoms with E-state index in [-0.39, 0.29) is 35.3 Å². The number of hydrogen-bond acceptors (Lipinski definition) is 7. The Kier molecular flexibility index (Phi) is 10.2. The van der Waals surface area contributed by atoms with Gasteiger partial charge in [-0.1, -0.05) is 31.2 Å². The number of aliphatic hydroxyl groups is 1. The number of amides is 1. The number of halogens is 3. The summed E-state index contributed by atoms with van der Waals surface area (Å²) in [6.45, 7) is 3.38. The molecule has 2 saturated heterocycles. The summed E-state index contributed by atoms with van der Waals surface area (Å²) in [7, 11) is -3.37. The Morgan fingerprint density at radius 2 is 1.76 bits per heavy atom. The van der Waals surface area contributed by atoms with Gasteiger partial charge in [0, 0.05) is 30.3 Å². The Hall–Kier alpha value is -3.45. The second-order valence-electron chi connectivity index (χ2n) is 11.4. The predicted molar refractivity (Wildman–Crippen MR) is 163 cm³/mol. The van der Waals surface area contributed by atoms with Crippen LogP contribution in [0.1, 0.15) is 58.8 Å². The minimum absolute atomic E-state index is 0.00676. The van der Waals surface area contributed by atoms with Gasteiger partial charge >= 0.3 is 6.18 Å². The number of aliphatic hydroxyl groups excluding tert-OH is 1. The molecule has 0 aromatic heterocycles. The van der Waals surface area contributed by atoms with E-state index >= 15 is 0 Å². The minimum atomic E-state index is -4.40. The number of ether oxygens (including phenoxy) is 2. The summed E-state index contributed by atoms with van der Waals surface area (Å²) in [5, 5.41) is 12.8. The summed E-state index contributed by atoms with van der Waals surface area (Å²) in [6.07, 6.45) is -2.88. The van der Waals surface area contributed by atoms with Crippen LogP contribution in [0.2, 0.25) is 0 Å². The molecule has 2 N–H and O–H groups in total. The zero-order valence-electron chi connectivity index (χ0n) is 24.9. The molecule has 45 heavy (non-hydrogen) atoms. The molecule has 4 atom stereocenters. The topological polar surface area (TPSA) is 105 Å². The lowest BCUT2D eigenvalue weighted by Gasteiger charge is -2.28. The molecule has 242 valence electrons. The van der Waals surface area contributed by atoms with Crippen LogP contribution in [-0.4, -0.2) is 70.3 Å². The Balaban J connectivity index is 1.28. The van der Waals surface area contributed by atoms with Crippen LogP contribution in [-0.2, 0) is 25.5 Å². The quantitative estimate of drug-likeness (QED) is 0.298. The Morgan fingerprint density at radius 1 is 1.07 bits per heavy atom. The Bertz CT molecular complexity index is 1540. The number of benzene rings is 3. The van der Waals surface area contributed by atoms with Crippen molar-refractivity contribution in [3.63, 3.8) is 0 Å². The highest BCUT2D eigenvalue weighted by Crippen LogP contribution is 2.37. The molecular formula is C33H37F3N2O6S. The number of sulfone groups is 1. The third-order valence-corrected chi connectivity index (χ3v) is 10.3. The fourth-order valence-electron chi connectivity index (χ4n) is 5.82. The van der Waals surface area contributed by atoms with Crippen molar-refractivity contribution in [2.45, 2.75) is 54.9 Å². The van der Waals surface area contributed by atoms with Crippen molar-refractivity contribution < 1.29 is 41.0 Å². The number of alkyl halides is 3. The molecule has 2 heterocycles. The van der Waals surface area contributed by atoms with Crippen LogP contribution in [0.25, 0.3) is 0 Å². The van der Waals surface area contributed by atoms with Crippen molar-refractivity contribution in [1.82, 2.24) is 5.32 Å². The number of anilines is 1. The van der Waals surface area contributed by atoms with Crippen LogP contribution in [0.4, 0.5) is 18.9 Å². The van der Waals surface area contributed by atoms with Gasteiger partial charge in [-0.05, 0) is 72.5 Å². The molecule has 3 aromatic rings. The monoisotopic (exact) mass is 646 g/mol. The van der Waals surface area contributed by atoms with Gasteiger partial charge in [-0.15, -0.1) is 0 Å². The van der Waals surface area contributed by atoms with Gasteiger partial charge in [-0.2, -0.15) is 13.2 Å². The number of hydrogen-bond donors (Lipinski definition) is 2. The highest BCUT2D eigenvalue weighted by atomic mass is 32.2. The first-order chi connectivity index (χ1) is 21.5. The molecule has 8 nitrogen and oxygen atoms in total. The molecule has 2 fully saturated rings. The first kappa shape index (κ1) is 32.9. The number of nitrogens with zero attached hydrogens (tertiary/aromatic N) is 1. The molecule has 0 radical (unpaired) electrons. The van der Waals surface area contributed by atoms with E-state index in [1.807, 2.05) is 12.1 Å². The molecule has 2 aliphatic rings. The van der Waals surface area contributed by atoms with E-state index in [4.69, 9.17) is 9.47 Å².